The quantitative estimate of drug-likeness (QED) is 0.288. The first kappa shape index (κ1) is 40.4. The van der Waals surface area contributed by atoms with E-state index in [1.54, 1.807) is 4.90 Å². The first-order chi connectivity index (χ1) is 24.5. The zero-order chi connectivity index (χ0) is 37.0. The van der Waals surface area contributed by atoms with Crippen LogP contribution in [0.3, 0.4) is 0 Å². The Balaban J connectivity index is 0.000000327. The average molecular weight is 733 g/mol. The second-order valence-corrected chi connectivity index (χ2v) is 16.6. The van der Waals surface area contributed by atoms with Crippen molar-refractivity contribution in [2.24, 2.45) is 28.9 Å². The molecule has 0 spiro atoms. The molecule has 1 aromatic carbocycles. The number of allylic oxidation sites excluding steroid dienone is 5. The summed E-state index contributed by atoms with van der Waals surface area (Å²) < 4.78 is 0. The van der Waals surface area contributed by atoms with Crippen molar-refractivity contribution in [1.29, 1.82) is 0 Å². The van der Waals surface area contributed by atoms with Gasteiger partial charge in [-0.15, -0.1) is 0 Å². The molecule has 276 valence electrons. The fourth-order valence-electron chi connectivity index (χ4n) is 6.86. The molecular weight excluding hydrogens is 677 g/mol. The van der Waals surface area contributed by atoms with E-state index in [1.165, 1.54) is 85.4 Å². The molecule has 4 aliphatic rings. The SMILES string of the molecule is CC.CC(C)(C)C1=CCC=C(C(N)=O)S1.O=C(O)C1CN(C(=O)SCc2ccc(-c3ncc(C4=CCC(C5CCCCC5)CCC4)cn3)cc2)C1. The summed E-state index contributed by atoms with van der Waals surface area (Å²) >= 11 is 2.71. The predicted molar refractivity (Wildman–Crippen MR) is 212 cm³/mol. The minimum atomic E-state index is -0.829. The zero-order valence-corrected chi connectivity index (χ0v) is 32.7. The monoisotopic (exact) mass is 732 g/mol. The number of rotatable bonds is 7. The highest BCUT2D eigenvalue weighted by molar-refractivity contribution is 8.12. The summed E-state index contributed by atoms with van der Waals surface area (Å²) in [6.45, 7) is 11.0. The summed E-state index contributed by atoms with van der Waals surface area (Å²) in [5.74, 6) is 1.48. The lowest BCUT2D eigenvalue weighted by atomic mass is 9.77. The molecule has 1 atom stereocenters. The Morgan fingerprint density at radius 2 is 1.55 bits per heavy atom. The number of hydrogen-bond donors (Lipinski definition) is 2. The zero-order valence-electron chi connectivity index (χ0n) is 31.0. The second-order valence-electron chi connectivity index (χ2n) is 14.6. The molecule has 3 N–H and O–H groups in total. The van der Waals surface area contributed by atoms with Crippen molar-refractivity contribution in [2.45, 2.75) is 105 Å². The van der Waals surface area contributed by atoms with Crippen LogP contribution < -0.4 is 5.73 Å². The third-order valence-corrected chi connectivity index (χ3v) is 12.5. The molecule has 3 heterocycles. The Bertz CT molecular complexity index is 1570. The van der Waals surface area contributed by atoms with Crippen molar-refractivity contribution < 1.29 is 19.5 Å². The van der Waals surface area contributed by atoms with E-state index in [9.17, 15) is 14.4 Å². The molecule has 2 aromatic rings. The predicted octanol–water partition coefficient (Wildman–Crippen LogP) is 10.1. The van der Waals surface area contributed by atoms with Crippen LogP contribution in [0.4, 0.5) is 4.79 Å². The minimum absolute atomic E-state index is 0.0617. The molecule has 51 heavy (non-hydrogen) atoms. The molecular formula is C41H56N4O4S2. The van der Waals surface area contributed by atoms with Crippen LogP contribution in [-0.4, -0.2) is 50.2 Å². The van der Waals surface area contributed by atoms with Gasteiger partial charge in [-0.25, -0.2) is 9.97 Å². The lowest BCUT2D eigenvalue weighted by Gasteiger charge is -2.36. The highest BCUT2D eigenvalue weighted by Gasteiger charge is 2.35. The number of carboxylic acid groups (broad SMARTS) is 1. The van der Waals surface area contributed by atoms with Gasteiger partial charge in [0.25, 0.3) is 11.1 Å². The summed E-state index contributed by atoms with van der Waals surface area (Å²) in [5, 5.41) is 8.89. The molecule has 2 amide bonds. The van der Waals surface area contributed by atoms with E-state index >= 15 is 0 Å². The maximum absolute atomic E-state index is 12.2. The first-order valence-electron chi connectivity index (χ1n) is 18.6. The van der Waals surface area contributed by atoms with Crippen molar-refractivity contribution in [3.63, 3.8) is 0 Å². The molecule has 2 fully saturated rings. The Kier molecular flexibility index (Phi) is 15.4. The van der Waals surface area contributed by atoms with Crippen LogP contribution in [0.5, 0.6) is 0 Å². The number of thioether (sulfide) groups is 2. The van der Waals surface area contributed by atoms with Crippen LogP contribution in [0.25, 0.3) is 17.0 Å². The number of nitrogens with zero attached hydrogens (tertiary/aromatic N) is 3. The summed E-state index contributed by atoms with van der Waals surface area (Å²) in [7, 11) is 0. The van der Waals surface area contributed by atoms with Crippen molar-refractivity contribution >= 4 is 46.2 Å². The molecule has 1 aromatic heterocycles. The van der Waals surface area contributed by atoms with Crippen LogP contribution in [-0.2, 0) is 15.3 Å². The summed E-state index contributed by atoms with van der Waals surface area (Å²) in [6, 6.07) is 8.00. The van der Waals surface area contributed by atoms with Gasteiger partial charge in [0.05, 0.1) is 10.8 Å². The van der Waals surface area contributed by atoms with Gasteiger partial charge in [0.15, 0.2) is 5.82 Å². The lowest BCUT2D eigenvalue weighted by Crippen LogP contribution is -2.51. The van der Waals surface area contributed by atoms with Crippen LogP contribution in [0.2, 0.25) is 0 Å². The van der Waals surface area contributed by atoms with Gasteiger partial charge in [-0.05, 0) is 65.4 Å². The van der Waals surface area contributed by atoms with Gasteiger partial charge in [0, 0.05) is 42.4 Å². The Morgan fingerprint density at radius 3 is 2.16 bits per heavy atom. The third-order valence-electron chi connectivity index (χ3n) is 9.90. The van der Waals surface area contributed by atoms with Gasteiger partial charge < -0.3 is 15.7 Å². The number of hydrogen-bond acceptors (Lipinski definition) is 7. The van der Waals surface area contributed by atoms with Crippen LogP contribution in [0, 0.1) is 23.2 Å². The van der Waals surface area contributed by atoms with Crippen LogP contribution in [0.15, 0.2) is 64.7 Å². The Hall–Kier alpha value is -3.37. The number of aliphatic carboxylic acids is 1. The minimum Gasteiger partial charge on any atom is -0.481 e. The number of likely N-dealkylation sites (tertiary alicyclic amines) is 1. The lowest BCUT2D eigenvalue weighted by molar-refractivity contribution is -0.145. The number of nitrogens with two attached hydrogens (primary N) is 1. The standard InChI is InChI=1S/C29H35N3O3S.C10H15NOS.C2H6/c33-28(34)26-17-32(18-26)29(35)36-19-20-9-11-24(12-10-20)27-30-15-25(16-31-27)23-8-4-7-22(13-14-23)21-5-2-1-3-6-21;1-10(2,3)8-6-4-5-7(13-8)9(11)12;1-2/h9-12,14-16,21-22,26H,1-8,13,17-19H2,(H,33,34);5-6H,4H2,1-3H3,(H2,11,12);1-2H3. The fourth-order valence-corrected chi connectivity index (χ4v) is 8.68. The van der Waals surface area contributed by atoms with E-state index in [2.05, 4.69) is 42.9 Å². The van der Waals surface area contributed by atoms with Crippen molar-refractivity contribution in [3.8, 4) is 11.4 Å². The maximum atomic E-state index is 12.2. The van der Waals surface area contributed by atoms with E-state index < -0.39 is 11.9 Å². The summed E-state index contributed by atoms with van der Waals surface area (Å²) in [6.07, 6.45) is 23.3. The Morgan fingerprint density at radius 1 is 0.902 bits per heavy atom. The van der Waals surface area contributed by atoms with Gasteiger partial charge in [-0.3, -0.25) is 14.4 Å². The summed E-state index contributed by atoms with van der Waals surface area (Å²) in [4.78, 5) is 46.9. The highest BCUT2D eigenvalue weighted by Crippen LogP contribution is 2.41. The number of carboxylic acids is 1. The number of amides is 2. The van der Waals surface area contributed by atoms with E-state index in [4.69, 9.17) is 10.8 Å². The number of benzene rings is 1. The van der Waals surface area contributed by atoms with Gasteiger partial charge in [0.1, 0.15) is 0 Å². The molecule has 1 saturated carbocycles. The van der Waals surface area contributed by atoms with Gasteiger partial charge in [0.2, 0.25) is 0 Å². The van der Waals surface area contributed by atoms with Crippen LogP contribution in [0.1, 0.15) is 110 Å². The highest BCUT2D eigenvalue weighted by atomic mass is 32.2. The molecule has 2 aliphatic heterocycles. The molecule has 8 nitrogen and oxygen atoms in total. The fraction of sp³-hybridized carbons (Fsp3) is 0.537. The van der Waals surface area contributed by atoms with Gasteiger partial charge in [-0.2, -0.15) is 0 Å². The van der Waals surface area contributed by atoms with Crippen molar-refractivity contribution in [2.75, 3.05) is 13.1 Å². The molecule has 1 unspecified atom stereocenters. The number of carbonyl (C=O) groups excluding carboxylic acids is 2. The van der Waals surface area contributed by atoms with E-state index in [-0.39, 0.29) is 16.6 Å². The largest absolute Gasteiger partial charge is 0.481 e. The van der Waals surface area contributed by atoms with Crippen molar-refractivity contribution in [1.82, 2.24) is 14.9 Å². The smallest absolute Gasteiger partial charge is 0.310 e. The molecule has 1 saturated heterocycles. The van der Waals surface area contributed by atoms with Crippen LogP contribution >= 0.6 is 23.5 Å². The third kappa shape index (κ3) is 11.8. The molecule has 0 bridgehead atoms. The normalized spacial score (nSPS) is 19.7. The van der Waals surface area contributed by atoms with E-state index in [0.29, 0.717) is 29.6 Å². The topological polar surface area (TPSA) is 126 Å². The molecule has 2 aliphatic carbocycles. The van der Waals surface area contributed by atoms with E-state index in [0.717, 1.165) is 41.4 Å². The molecule has 6 rings (SSSR count). The maximum Gasteiger partial charge on any atom is 0.310 e. The molecule has 0 radical (unpaired) electrons. The number of carbonyl (C=O) groups is 3. The second kappa shape index (κ2) is 19.5. The van der Waals surface area contributed by atoms with Gasteiger partial charge in [-0.1, -0.05) is 133 Å². The average Bonchev–Trinajstić information content (AvgIpc) is 3.38. The Labute approximate surface area is 313 Å². The summed E-state index contributed by atoms with van der Waals surface area (Å²) in [5.41, 5.74) is 9.87. The van der Waals surface area contributed by atoms with Gasteiger partial charge >= 0.3 is 5.97 Å². The first-order valence-corrected chi connectivity index (χ1v) is 20.4. The number of primary amides is 1. The molecule has 10 heteroatoms. The van der Waals surface area contributed by atoms with E-state index in [1.807, 2.05) is 56.6 Å². The van der Waals surface area contributed by atoms with Crippen molar-refractivity contribution in [3.05, 3.63) is 75.8 Å². The number of aromatic nitrogens is 2.